The molecular formula is C69H112O12. The van der Waals surface area contributed by atoms with Crippen molar-refractivity contribution in [3.8, 4) is 0 Å². The molecule has 6 atom stereocenters. The van der Waals surface area contributed by atoms with E-state index in [0.29, 0.717) is 19.3 Å². The molecule has 6 unspecified atom stereocenters. The molecule has 0 aromatic carbocycles. The number of allylic oxidation sites excluding steroid dienone is 18. The molecule has 1 saturated heterocycles. The summed E-state index contributed by atoms with van der Waals surface area (Å²) in [7, 11) is 0. The largest absolute Gasteiger partial charge is 0.479 e. The highest BCUT2D eigenvalue weighted by Crippen LogP contribution is 2.26. The van der Waals surface area contributed by atoms with Crippen molar-refractivity contribution in [3.63, 3.8) is 0 Å². The van der Waals surface area contributed by atoms with E-state index in [9.17, 15) is 34.5 Å². The molecule has 0 aromatic heterocycles. The highest BCUT2D eigenvalue weighted by Gasteiger charge is 2.50. The van der Waals surface area contributed by atoms with Crippen molar-refractivity contribution < 1.29 is 58.2 Å². The number of unbranched alkanes of at least 4 members (excludes halogenated alkanes) is 21. The molecule has 3 N–H and O–H groups in total. The molecule has 1 aliphatic heterocycles. The normalized spacial score (nSPS) is 18.5. The Bertz CT molecular complexity index is 1820. The van der Waals surface area contributed by atoms with Crippen LogP contribution in [-0.4, -0.2) is 89.2 Å². The second-order valence-electron chi connectivity index (χ2n) is 21.3. The zero-order valence-corrected chi connectivity index (χ0v) is 50.7. The van der Waals surface area contributed by atoms with E-state index in [1.165, 1.54) is 44.9 Å². The molecular weight excluding hydrogens is 1020 g/mol. The van der Waals surface area contributed by atoms with Gasteiger partial charge in [-0.2, -0.15) is 0 Å². The highest BCUT2D eigenvalue weighted by atomic mass is 16.7. The van der Waals surface area contributed by atoms with Crippen LogP contribution in [-0.2, 0) is 42.9 Å². The number of carboxylic acid groups (broad SMARTS) is 1. The fourth-order valence-electron chi connectivity index (χ4n) is 8.92. The van der Waals surface area contributed by atoms with Crippen molar-refractivity contribution in [2.24, 2.45) is 0 Å². The van der Waals surface area contributed by atoms with Gasteiger partial charge in [0.2, 0.25) is 0 Å². The maximum absolute atomic E-state index is 13.2. The van der Waals surface area contributed by atoms with Crippen LogP contribution < -0.4 is 0 Å². The van der Waals surface area contributed by atoms with Gasteiger partial charge in [0.25, 0.3) is 0 Å². The predicted octanol–water partition coefficient (Wildman–Crippen LogP) is 17.0. The summed E-state index contributed by atoms with van der Waals surface area (Å²) in [5.74, 6) is -3.20. The molecule has 1 aliphatic rings. The van der Waals surface area contributed by atoms with Gasteiger partial charge in [0.1, 0.15) is 18.8 Å². The minimum absolute atomic E-state index is 0.0368. The first kappa shape index (κ1) is 74.4. The Kier molecular flexibility index (Phi) is 51.3. The molecule has 0 amide bonds. The molecule has 1 rings (SSSR count). The lowest BCUT2D eigenvalue weighted by atomic mass is 9.98. The Hall–Kier alpha value is -4.62. The fraction of sp³-hybridized carbons (Fsp3) is 0.681. The van der Waals surface area contributed by atoms with Gasteiger partial charge >= 0.3 is 23.9 Å². The number of aliphatic carboxylic acids is 1. The van der Waals surface area contributed by atoms with Crippen molar-refractivity contribution >= 4 is 23.9 Å². The van der Waals surface area contributed by atoms with E-state index < -0.39 is 67.3 Å². The summed E-state index contributed by atoms with van der Waals surface area (Å²) in [5.41, 5.74) is 0. The van der Waals surface area contributed by atoms with Crippen molar-refractivity contribution in [2.45, 2.75) is 289 Å². The zero-order chi connectivity index (χ0) is 58.9. The van der Waals surface area contributed by atoms with Crippen LogP contribution in [0.3, 0.4) is 0 Å². The average Bonchev–Trinajstić information content (AvgIpc) is 3.45. The lowest BCUT2D eigenvalue weighted by Gasteiger charge is -2.40. The number of hydrogen-bond acceptors (Lipinski definition) is 11. The van der Waals surface area contributed by atoms with Gasteiger partial charge in [-0.3, -0.25) is 14.4 Å². The molecule has 0 saturated carbocycles. The van der Waals surface area contributed by atoms with Crippen LogP contribution in [0.25, 0.3) is 0 Å². The molecule has 0 bridgehead atoms. The van der Waals surface area contributed by atoms with Crippen LogP contribution in [0.2, 0.25) is 0 Å². The van der Waals surface area contributed by atoms with E-state index >= 15 is 0 Å². The molecule has 0 radical (unpaired) electrons. The minimum Gasteiger partial charge on any atom is -0.479 e. The second-order valence-corrected chi connectivity index (χ2v) is 21.3. The lowest BCUT2D eigenvalue weighted by molar-refractivity contribution is -0.301. The first-order valence-corrected chi connectivity index (χ1v) is 31.9. The molecule has 1 fully saturated rings. The number of rotatable bonds is 53. The van der Waals surface area contributed by atoms with E-state index in [2.05, 4.69) is 130 Å². The van der Waals surface area contributed by atoms with Gasteiger partial charge in [-0.15, -0.1) is 0 Å². The van der Waals surface area contributed by atoms with Crippen molar-refractivity contribution in [2.75, 3.05) is 13.2 Å². The summed E-state index contributed by atoms with van der Waals surface area (Å²) in [6, 6.07) is 0. The predicted molar refractivity (Wildman–Crippen MR) is 330 cm³/mol. The molecule has 0 aromatic rings. The SMILES string of the molecule is CC/C=C\C/C=C\C/C=C\C/C=C\C/C=C\CCCCCC(=O)OCC(COC1OC(C(=O)O)C(O)C(O)C1OC(=O)CCCCCCCC/C=C\C/C=C\C/C=C\CCCCC)OC(=O)CCCCCCC/C=C\CCCCCC. The topological polar surface area (TPSA) is 175 Å². The zero-order valence-electron chi connectivity index (χ0n) is 50.7. The van der Waals surface area contributed by atoms with Crippen LogP contribution in [0.4, 0.5) is 0 Å². The first-order valence-electron chi connectivity index (χ1n) is 31.9. The van der Waals surface area contributed by atoms with Crippen LogP contribution >= 0.6 is 0 Å². The third kappa shape index (κ3) is 45.6. The van der Waals surface area contributed by atoms with Crippen LogP contribution in [0.15, 0.2) is 109 Å². The number of carbonyl (C=O) groups excluding carboxylic acids is 3. The lowest BCUT2D eigenvalue weighted by Crippen LogP contribution is -2.61. The first-order chi connectivity index (χ1) is 39.6. The number of carbonyl (C=O) groups is 4. The van der Waals surface area contributed by atoms with E-state index in [4.69, 9.17) is 23.7 Å². The molecule has 0 spiro atoms. The summed E-state index contributed by atoms with van der Waals surface area (Å²) < 4.78 is 28.5. The molecule has 12 heteroatoms. The molecule has 81 heavy (non-hydrogen) atoms. The van der Waals surface area contributed by atoms with Gasteiger partial charge in [0.05, 0.1) is 6.61 Å². The summed E-state index contributed by atoms with van der Waals surface area (Å²) >= 11 is 0. The summed E-state index contributed by atoms with van der Waals surface area (Å²) in [5, 5.41) is 31.6. The Morgan fingerprint density at radius 1 is 0.420 bits per heavy atom. The molecule has 0 aliphatic carbocycles. The van der Waals surface area contributed by atoms with Crippen molar-refractivity contribution in [1.82, 2.24) is 0 Å². The fourth-order valence-corrected chi connectivity index (χ4v) is 8.92. The Labute approximate surface area is 491 Å². The monoisotopic (exact) mass is 1130 g/mol. The molecule has 12 nitrogen and oxygen atoms in total. The Balaban J connectivity index is 2.69. The van der Waals surface area contributed by atoms with Gasteiger partial charge in [-0.1, -0.05) is 214 Å². The maximum Gasteiger partial charge on any atom is 0.335 e. The maximum atomic E-state index is 13.2. The number of carboxylic acids is 1. The van der Waals surface area contributed by atoms with Gasteiger partial charge in [-0.25, -0.2) is 4.79 Å². The van der Waals surface area contributed by atoms with E-state index in [1.54, 1.807) is 0 Å². The van der Waals surface area contributed by atoms with Gasteiger partial charge in [-0.05, 0) is 128 Å². The molecule has 1 heterocycles. The van der Waals surface area contributed by atoms with Crippen molar-refractivity contribution in [3.05, 3.63) is 109 Å². The number of esters is 3. The van der Waals surface area contributed by atoms with Gasteiger partial charge in [0.15, 0.2) is 24.6 Å². The van der Waals surface area contributed by atoms with E-state index in [1.807, 2.05) is 0 Å². The quantitative estimate of drug-likeness (QED) is 0.0228. The summed E-state index contributed by atoms with van der Waals surface area (Å²) in [6.45, 7) is 5.80. The van der Waals surface area contributed by atoms with Crippen LogP contribution in [0.5, 0.6) is 0 Å². The molecule has 460 valence electrons. The smallest absolute Gasteiger partial charge is 0.335 e. The van der Waals surface area contributed by atoms with Gasteiger partial charge in [0, 0.05) is 19.3 Å². The third-order valence-corrected chi connectivity index (χ3v) is 13.8. The number of aliphatic hydroxyl groups excluding tert-OH is 2. The van der Waals surface area contributed by atoms with Crippen molar-refractivity contribution in [1.29, 1.82) is 0 Å². The average molecular weight is 1130 g/mol. The number of hydrogen-bond donors (Lipinski definition) is 3. The standard InChI is InChI=1S/C69H112O12/c1-4-7-10-13-16-19-22-25-27-29-31-33-35-38-40-43-46-49-52-55-61(70)77-58-60(79-62(71)56-53-50-47-44-41-37-24-21-18-15-12-9-6-3)59-78-69-67(65(74)64(73)66(81-69)68(75)76)80-63(72)57-54-51-48-45-42-39-36-34-32-30-28-26-23-20-17-14-11-8-5-2/h7,10,16-17,19-21,24-28,31-34,38,40,60,64-67,69,73-74H,4-6,8-9,11-15,18,22-23,29-30,35-37,39,41-59H2,1-3H3,(H,75,76)/b10-7-,19-16-,20-17-,24-21-,27-25-,28-26-,33-31-,34-32-,40-38-. The Morgan fingerprint density at radius 2 is 0.778 bits per heavy atom. The Morgan fingerprint density at radius 3 is 1.23 bits per heavy atom. The third-order valence-electron chi connectivity index (χ3n) is 13.8. The minimum atomic E-state index is -1.92. The number of ether oxygens (including phenoxy) is 5. The van der Waals surface area contributed by atoms with Gasteiger partial charge < -0.3 is 39.0 Å². The van der Waals surface area contributed by atoms with E-state index in [-0.39, 0.29) is 25.9 Å². The number of aliphatic hydroxyl groups is 2. The summed E-state index contributed by atoms with van der Waals surface area (Å²) in [4.78, 5) is 51.3. The van der Waals surface area contributed by atoms with Crippen LogP contribution in [0.1, 0.15) is 252 Å². The second kappa shape index (κ2) is 55.9. The van der Waals surface area contributed by atoms with Crippen LogP contribution in [0, 0.1) is 0 Å². The summed E-state index contributed by atoms with van der Waals surface area (Å²) in [6.07, 6.45) is 63.3. The highest BCUT2D eigenvalue weighted by molar-refractivity contribution is 5.74. The van der Waals surface area contributed by atoms with E-state index in [0.717, 1.165) is 148 Å².